The van der Waals surface area contributed by atoms with E-state index in [-0.39, 0.29) is 24.2 Å². The van der Waals surface area contributed by atoms with Gasteiger partial charge in [0.25, 0.3) is 0 Å². The predicted octanol–water partition coefficient (Wildman–Crippen LogP) is 5.26. The molecule has 148 valence electrons. The number of aliphatic carboxylic acids is 1. The molecular weight excluding hydrogens is 380 g/mol. The average molecular weight is 403 g/mol. The first-order valence-corrected chi connectivity index (χ1v) is 9.60. The van der Waals surface area contributed by atoms with Gasteiger partial charge in [0.1, 0.15) is 5.75 Å². The fourth-order valence-corrected chi connectivity index (χ4v) is 3.48. The Balaban J connectivity index is 1.77. The summed E-state index contributed by atoms with van der Waals surface area (Å²) in [6, 6.07) is 14.5. The van der Waals surface area contributed by atoms with Gasteiger partial charge in [-0.2, -0.15) is 0 Å². The monoisotopic (exact) mass is 402 g/mol. The molecule has 2 aromatic carbocycles. The predicted molar refractivity (Wildman–Crippen MR) is 106 cm³/mol. The van der Waals surface area contributed by atoms with Gasteiger partial charge < -0.3 is 19.7 Å². The topological polar surface area (TPSA) is 76.0 Å². The van der Waals surface area contributed by atoms with Gasteiger partial charge in [-0.25, -0.2) is 0 Å². The Kier molecular flexibility index (Phi) is 7.09. The summed E-state index contributed by atoms with van der Waals surface area (Å²) < 4.78 is 12.2. The van der Waals surface area contributed by atoms with Crippen LogP contribution < -0.4 is 0 Å². The third-order valence-corrected chi connectivity index (χ3v) is 5.04. The molecule has 1 aliphatic heterocycles. The van der Waals surface area contributed by atoms with Crippen molar-refractivity contribution in [3.05, 3.63) is 76.8 Å². The molecule has 0 spiro atoms. The number of phenols is 1. The number of hydrogen-bond acceptors (Lipinski definition) is 4. The summed E-state index contributed by atoms with van der Waals surface area (Å²) in [5, 5.41) is 19.6. The maximum absolute atomic E-state index is 10.6. The summed E-state index contributed by atoms with van der Waals surface area (Å²) in [4.78, 5) is 10.6. The van der Waals surface area contributed by atoms with Crippen LogP contribution in [0.1, 0.15) is 42.8 Å². The van der Waals surface area contributed by atoms with Crippen molar-refractivity contribution >= 4 is 17.6 Å². The molecule has 0 aliphatic carbocycles. The zero-order valence-electron chi connectivity index (χ0n) is 15.3. The van der Waals surface area contributed by atoms with E-state index in [2.05, 4.69) is 0 Å². The van der Waals surface area contributed by atoms with Gasteiger partial charge in [-0.05, 0) is 25.0 Å². The Morgan fingerprint density at radius 1 is 1.11 bits per heavy atom. The van der Waals surface area contributed by atoms with Crippen molar-refractivity contribution in [1.82, 2.24) is 0 Å². The highest BCUT2D eigenvalue weighted by atomic mass is 35.5. The highest BCUT2D eigenvalue weighted by Crippen LogP contribution is 2.43. The first-order valence-electron chi connectivity index (χ1n) is 9.22. The van der Waals surface area contributed by atoms with Crippen LogP contribution in [-0.4, -0.2) is 22.8 Å². The van der Waals surface area contributed by atoms with Crippen LogP contribution >= 0.6 is 11.6 Å². The summed E-state index contributed by atoms with van der Waals surface area (Å²) >= 11 is 6.29. The van der Waals surface area contributed by atoms with Gasteiger partial charge in [0, 0.05) is 28.5 Å². The molecular formula is C22H23ClO5. The standard InChI is InChI=1S/C22H23ClO5/c23-18-11-6-4-9-16(18)22-27-14-15(8-2-1-3-13-20(25)26)21(28-22)17-10-5-7-12-19(17)24/h1-2,4-7,9-12,15,21-22,24H,3,8,13-14H2,(H,25,26)/b2-1-/t15-,21+,22?/m1/s1. The van der Waals surface area contributed by atoms with E-state index in [1.54, 1.807) is 18.2 Å². The maximum Gasteiger partial charge on any atom is 0.303 e. The van der Waals surface area contributed by atoms with Crippen LogP contribution in [-0.2, 0) is 14.3 Å². The molecule has 0 aromatic heterocycles. The Hall–Kier alpha value is -2.34. The quantitative estimate of drug-likeness (QED) is 0.618. The van der Waals surface area contributed by atoms with E-state index < -0.39 is 12.3 Å². The molecule has 2 N–H and O–H groups in total. The Labute approximate surface area is 169 Å². The van der Waals surface area contributed by atoms with Crippen LogP contribution in [0, 0.1) is 5.92 Å². The Morgan fingerprint density at radius 3 is 2.54 bits per heavy atom. The van der Waals surface area contributed by atoms with E-state index in [0.29, 0.717) is 30.0 Å². The number of phenolic OH excluding ortho intramolecular Hbond substituents is 1. The second-order valence-electron chi connectivity index (χ2n) is 6.70. The largest absolute Gasteiger partial charge is 0.508 e. The van der Waals surface area contributed by atoms with E-state index in [9.17, 15) is 9.90 Å². The lowest BCUT2D eigenvalue weighted by Gasteiger charge is -2.37. The lowest BCUT2D eigenvalue weighted by molar-refractivity contribution is -0.244. The summed E-state index contributed by atoms with van der Waals surface area (Å²) in [7, 11) is 0. The van der Waals surface area contributed by atoms with E-state index >= 15 is 0 Å². The second-order valence-corrected chi connectivity index (χ2v) is 7.11. The molecule has 1 aliphatic rings. The number of benzene rings is 2. The molecule has 28 heavy (non-hydrogen) atoms. The number of halogens is 1. The molecule has 0 radical (unpaired) electrons. The molecule has 6 heteroatoms. The molecule has 1 heterocycles. The van der Waals surface area contributed by atoms with Crippen LogP contribution in [0.5, 0.6) is 5.75 Å². The molecule has 1 saturated heterocycles. The van der Waals surface area contributed by atoms with Crippen molar-refractivity contribution in [1.29, 1.82) is 0 Å². The minimum Gasteiger partial charge on any atom is -0.508 e. The molecule has 0 saturated carbocycles. The normalized spacial score (nSPS) is 22.4. The molecule has 3 atom stereocenters. The first-order chi connectivity index (χ1) is 13.6. The summed E-state index contributed by atoms with van der Waals surface area (Å²) in [5.41, 5.74) is 1.45. The number of aromatic hydroxyl groups is 1. The van der Waals surface area contributed by atoms with Gasteiger partial charge in [0.2, 0.25) is 0 Å². The molecule has 2 aromatic rings. The third-order valence-electron chi connectivity index (χ3n) is 4.69. The number of rotatable bonds is 7. The van der Waals surface area contributed by atoms with Crippen molar-refractivity contribution in [2.45, 2.75) is 31.7 Å². The molecule has 3 rings (SSSR count). The van der Waals surface area contributed by atoms with Crippen molar-refractivity contribution in [3.63, 3.8) is 0 Å². The molecule has 0 bridgehead atoms. The fourth-order valence-electron chi connectivity index (χ4n) is 3.25. The zero-order chi connectivity index (χ0) is 19.9. The number of allylic oxidation sites excluding steroid dienone is 2. The number of hydrogen-bond donors (Lipinski definition) is 2. The minimum absolute atomic E-state index is 0.0203. The summed E-state index contributed by atoms with van der Waals surface area (Å²) in [6.45, 7) is 0.429. The van der Waals surface area contributed by atoms with Gasteiger partial charge in [-0.15, -0.1) is 0 Å². The Morgan fingerprint density at radius 2 is 1.82 bits per heavy atom. The minimum atomic E-state index is -0.816. The van der Waals surface area contributed by atoms with E-state index in [4.69, 9.17) is 26.2 Å². The Bertz CT molecular complexity index is 835. The van der Waals surface area contributed by atoms with Crippen LogP contribution in [0.25, 0.3) is 0 Å². The highest BCUT2D eigenvalue weighted by Gasteiger charge is 2.35. The lowest BCUT2D eigenvalue weighted by Crippen LogP contribution is -2.30. The zero-order valence-corrected chi connectivity index (χ0v) is 16.1. The highest BCUT2D eigenvalue weighted by molar-refractivity contribution is 6.31. The van der Waals surface area contributed by atoms with Crippen LogP contribution in [0.4, 0.5) is 0 Å². The molecule has 0 amide bonds. The van der Waals surface area contributed by atoms with Gasteiger partial charge in [0.05, 0.1) is 12.7 Å². The van der Waals surface area contributed by atoms with Crippen LogP contribution in [0.2, 0.25) is 5.02 Å². The third kappa shape index (κ3) is 5.13. The smallest absolute Gasteiger partial charge is 0.303 e. The van der Waals surface area contributed by atoms with E-state index in [1.165, 1.54) is 0 Å². The fraction of sp³-hybridized carbons (Fsp3) is 0.318. The van der Waals surface area contributed by atoms with Crippen molar-refractivity contribution in [2.24, 2.45) is 5.92 Å². The second kappa shape index (κ2) is 9.73. The van der Waals surface area contributed by atoms with Crippen LogP contribution in [0.15, 0.2) is 60.7 Å². The lowest BCUT2D eigenvalue weighted by atomic mass is 9.91. The molecule has 1 fully saturated rings. The molecule has 5 nitrogen and oxygen atoms in total. The summed E-state index contributed by atoms with van der Waals surface area (Å²) in [5.74, 6) is -0.663. The van der Waals surface area contributed by atoms with E-state index in [1.807, 2.05) is 42.5 Å². The number of carboxylic acids is 1. The van der Waals surface area contributed by atoms with Gasteiger partial charge in [0.15, 0.2) is 6.29 Å². The van der Waals surface area contributed by atoms with Crippen LogP contribution in [0.3, 0.4) is 0 Å². The number of carboxylic acid groups (broad SMARTS) is 1. The first kappa shape index (κ1) is 20.4. The number of para-hydroxylation sites is 1. The van der Waals surface area contributed by atoms with Gasteiger partial charge >= 0.3 is 5.97 Å². The SMILES string of the molecule is O=C(O)CC/C=C\C[C@@H]1COC(c2ccccc2Cl)O[C@@H]1c1ccccc1O. The number of carbonyl (C=O) groups is 1. The van der Waals surface area contributed by atoms with Gasteiger partial charge in [-0.3, -0.25) is 4.79 Å². The van der Waals surface area contributed by atoms with Gasteiger partial charge in [-0.1, -0.05) is 60.2 Å². The van der Waals surface area contributed by atoms with Crippen molar-refractivity contribution < 1.29 is 24.5 Å². The summed E-state index contributed by atoms with van der Waals surface area (Å²) in [6.07, 6.45) is 4.04. The average Bonchev–Trinajstić information content (AvgIpc) is 2.68. The number of ether oxygens (including phenoxy) is 2. The van der Waals surface area contributed by atoms with E-state index in [0.717, 1.165) is 5.56 Å². The van der Waals surface area contributed by atoms with Crippen molar-refractivity contribution in [2.75, 3.05) is 6.61 Å². The van der Waals surface area contributed by atoms with Crippen molar-refractivity contribution in [3.8, 4) is 5.75 Å². The molecule has 1 unspecified atom stereocenters. The maximum atomic E-state index is 10.6.